The Labute approximate surface area is 92.0 Å². The molecule has 0 radical (unpaired) electrons. The zero-order valence-corrected chi connectivity index (χ0v) is 8.69. The lowest BCUT2D eigenvalue weighted by Gasteiger charge is -2.11. The van der Waals surface area contributed by atoms with Crippen LogP contribution in [0.3, 0.4) is 0 Å². The van der Waals surface area contributed by atoms with Crippen LogP contribution in [0.1, 0.15) is 0 Å². The van der Waals surface area contributed by atoms with Gasteiger partial charge < -0.3 is 20.6 Å². The summed E-state index contributed by atoms with van der Waals surface area (Å²) in [6.07, 6.45) is -1.06. The molecule has 0 amide bonds. The summed E-state index contributed by atoms with van der Waals surface area (Å²) in [6.45, 7) is 3.37. The highest BCUT2D eigenvalue weighted by Gasteiger charge is 2.13. The van der Waals surface area contributed by atoms with Crippen LogP contribution in [0, 0.1) is 0 Å². The number of carbonyl (C=O) groups is 1. The SMILES string of the molecule is C=Nc1c(NC)ccc(OC(=O)ON)c1N. The van der Waals surface area contributed by atoms with Crippen molar-refractivity contribution in [2.75, 3.05) is 18.1 Å². The van der Waals surface area contributed by atoms with Crippen LogP contribution in [-0.4, -0.2) is 19.9 Å². The van der Waals surface area contributed by atoms with Gasteiger partial charge in [-0.3, -0.25) is 4.99 Å². The molecule has 16 heavy (non-hydrogen) atoms. The van der Waals surface area contributed by atoms with Crippen LogP contribution in [0.25, 0.3) is 0 Å². The molecule has 0 aliphatic heterocycles. The van der Waals surface area contributed by atoms with Crippen LogP contribution >= 0.6 is 0 Å². The lowest BCUT2D eigenvalue weighted by atomic mass is 10.2. The normalized spacial score (nSPS) is 9.38. The monoisotopic (exact) mass is 224 g/mol. The van der Waals surface area contributed by atoms with E-state index in [1.807, 2.05) is 0 Å². The van der Waals surface area contributed by atoms with E-state index in [0.29, 0.717) is 11.4 Å². The molecule has 0 aliphatic rings. The first-order chi connectivity index (χ1) is 7.63. The van der Waals surface area contributed by atoms with Crippen molar-refractivity contribution in [3.8, 4) is 5.75 Å². The van der Waals surface area contributed by atoms with E-state index in [9.17, 15) is 4.79 Å². The molecule has 0 saturated heterocycles. The Bertz CT molecular complexity index is 419. The van der Waals surface area contributed by atoms with Gasteiger partial charge in [-0.15, -0.1) is 0 Å². The first-order valence-corrected chi connectivity index (χ1v) is 4.29. The third-order valence-corrected chi connectivity index (χ3v) is 1.89. The molecule has 0 aliphatic carbocycles. The van der Waals surface area contributed by atoms with Gasteiger partial charge in [-0.05, 0) is 18.9 Å². The van der Waals surface area contributed by atoms with Crippen LogP contribution in [0.4, 0.5) is 21.9 Å². The smallest absolute Gasteiger partial charge is 0.394 e. The van der Waals surface area contributed by atoms with Crippen molar-refractivity contribution in [2.24, 2.45) is 10.9 Å². The van der Waals surface area contributed by atoms with Crippen LogP contribution in [0.15, 0.2) is 17.1 Å². The number of nitrogens with one attached hydrogen (secondary N) is 1. The summed E-state index contributed by atoms with van der Waals surface area (Å²) in [6, 6.07) is 3.13. The predicted molar refractivity (Wildman–Crippen MR) is 60.9 cm³/mol. The minimum Gasteiger partial charge on any atom is -0.394 e. The van der Waals surface area contributed by atoms with Crippen molar-refractivity contribution in [2.45, 2.75) is 0 Å². The Balaban J connectivity index is 3.13. The van der Waals surface area contributed by atoms with Crippen LogP contribution in [0.5, 0.6) is 5.75 Å². The number of hydrogen-bond donors (Lipinski definition) is 3. The van der Waals surface area contributed by atoms with Gasteiger partial charge in [-0.25, -0.2) is 4.79 Å². The highest BCUT2D eigenvalue weighted by atomic mass is 16.8. The van der Waals surface area contributed by atoms with Crippen molar-refractivity contribution >= 4 is 29.9 Å². The van der Waals surface area contributed by atoms with Crippen molar-refractivity contribution in [1.29, 1.82) is 0 Å². The topological polar surface area (TPSA) is 112 Å². The standard InChI is InChI=1S/C9H12N4O3/c1-12-5-3-4-6(15-9(14)16-11)7(10)8(5)13-2/h3-4,12H,2,10-11H2,1H3. The molecule has 7 nitrogen and oxygen atoms in total. The van der Waals surface area contributed by atoms with Crippen LogP contribution in [-0.2, 0) is 4.84 Å². The van der Waals surface area contributed by atoms with Crippen LogP contribution in [0.2, 0.25) is 0 Å². The molecule has 0 spiro atoms. The van der Waals surface area contributed by atoms with Gasteiger partial charge in [-0.1, -0.05) is 0 Å². The lowest BCUT2D eigenvalue weighted by Crippen LogP contribution is -2.15. The fourth-order valence-electron chi connectivity index (χ4n) is 1.16. The zero-order chi connectivity index (χ0) is 12.1. The summed E-state index contributed by atoms with van der Waals surface area (Å²) >= 11 is 0. The Morgan fingerprint density at radius 2 is 2.25 bits per heavy atom. The summed E-state index contributed by atoms with van der Waals surface area (Å²) in [4.78, 5) is 18.4. The second-order valence-corrected chi connectivity index (χ2v) is 2.75. The van der Waals surface area contributed by atoms with Crippen molar-refractivity contribution in [3.63, 3.8) is 0 Å². The van der Waals surface area contributed by atoms with Gasteiger partial charge in [0.25, 0.3) is 0 Å². The predicted octanol–water partition coefficient (Wildman–Crippen LogP) is 1.03. The number of ether oxygens (including phenoxy) is 1. The molecule has 0 bridgehead atoms. The summed E-state index contributed by atoms with van der Waals surface area (Å²) in [5.41, 5.74) is 6.96. The molecular formula is C9H12N4O3. The number of nitrogens with two attached hydrogens (primary N) is 2. The van der Waals surface area contributed by atoms with E-state index in [2.05, 4.69) is 27.8 Å². The summed E-state index contributed by atoms with van der Waals surface area (Å²) < 4.78 is 4.71. The highest BCUT2D eigenvalue weighted by molar-refractivity contribution is 5.85. The molecular weight excluding hydrogens is 212 g/mol. The summed E-state index contributed by atoms with van der Waals surface area (Å²) in [7, 11) is 1.71. The number of carbonyl (C=O) groups excluding carboxylic acids is 1. The Morgan fingerprint density at radius 1 is 1.56 bits per heavy atom. The molecule has 1 rings (SSSR count). The minimum atomic E-state index is -1.06. The number of hydrogen-bond acceptors (Lipinski definition) is 7. The largest absolute Gasteiger partial charge is 0.533 e. The quantitative estimate of drug-likeness (QED) is 0.232. The Kier molecular flexibility index (Phi) is 3.67. The molecule has 1 aromatic carbocycles. The molecule has 0 saturated carbocycles. The minimum absolute atomic E-state index is 0.108. The van der Waals surface area contributed by atoms with Gasteiger partial charge in [0.2, 0.25) is 0 Å². The first kappa shape index (κ1) is 11.8. The molecule has 1 aromatic rings. The van der Waals surface area contributed by atoms with E-state index < -0.39 is 6.16 Å². The van der Waals surface area contributed by atoms with E-state index in [1.165, 1.54) is 6.07 Å². The van der Waals surface area contributed by atoms with E-state index in [4.69, 9.17) is 10.5 Å². The fourth-order valence-corrected chi connectivity index (χ4v) is 1.16. The van der Waals surface area contributed by atoms with Gasteiger partial charge in [0, 0.05) is 7.05 Å². The molecule has 0 heterocycles. The van der Waals surface area contributed by atoms with E-state index in [0.717, 1.165) is 0 Å². The Morgan fingerprint density at radius 3 is 2.75 bits per heavy atom. The molecule has 0 unspecified atom stereocenters. The molecule has 86 valence electrons. The third kappa shape index (κ3) is 2.20. The molecule has 0 aromatic heterocycles. The van der Waals surface area contributed by atoms with Crippen LogP contribution < -0.4 is 21.7 Å². The lowest BCUT2D eigenvalue weighted by molar-refractivity contribution is 0.0999. The van der Waals surface area contributed by atoms with Gasteiger partial charge in [0.05, 0.1) is 5.69 Å². The fraction of sp³-hybridized carbons (Fsp3) is 0.111. The molecule has 5 N–H and O–H groups in total. The Hall–Kier alpha value is -2.28. The number of aliphatic imine (C=N–C) groups is 1. The average Bonchev–Trinajstić information content (AvgIpc) is 2.31. The van der Waals surface area contributed by atoms with Crippen molar-refractivity contribution in [1.82, 2.24) is 0 Å². The van der Waals surface area contributed by atoms with Gasteiger partial charge >= 0.3 is 6.16 Å². The number of nitrogen functional groups attached to an aromatic ring is 1. The van der Waals surface area contributed by atoms with E-state index in [-0.39, 0.29) is 11.4 Å². The summed E-state index contributed by atoms with van der Waals surface area (Å²) in [5, 5.41) is 2.87. The van der Waals surface area contributed by atoms with Crippen molar-refractivity contribution in [3.05, 3.63) is 12.1 Å². The second kappa shape index (κ2) is 4.99. The maximum atomic E-state index is 10.8. The van der Waals surface area contributed by atoms with Gasteiger partial charge in [-0.2, -0.15) is 5.90 Å². The highest BCUT2D eigenvalue weighted by Crippen LogP contribution is 2.38. The second-order valence-electron chi connectivity index (χ2n) is 2.75. The number of anilines is 2. The summed E-state index contributed by atoms with van der Waals surface area (Å²) in [5.74, 6) is 4.74. The zero-order valence-electron chi connectivity index (χ0n) is 8.69. The number of benzene rings is 1. The third-order valence-electron chi connectivity index (χ3n) is 1.89. The molecule has 7 heteroatoms. The number of nitrogens with zero attached hydrogens (tertiary/aromatic N) is 1. The van der Waals surface area contributed by atoms with Gasteiger partial charge in [0.15, 0.2) is 5.75 Å². The maximum Gasteiger partial charge on any atom is 0.533 e. The van der Waals surface area contributed by atoms with Gasteiger partial charge in [0.1, 0.15) is 11.4 Å². The molecule has 0 atom stereocenters. The molecule has 0 fully saturated rings. The average molecular weight is 224 g/mol. The maximum absolute atomic E-state index is 10.8. The van der Waals surface area contributed by atoms with Crippen molar-refractivity contribution < 1.29 is 14.4 Å². The van der Waals surface area contributed by atoms with E-state index in [1.54, 1.807) is 13.1 Å². The van der Waals surface area contributed by atoms with E-state index >= 15 is 0 Å². The number of rotatable bonds is 3. The first-order valence-electron chi connectivity index (χ1n) is 4.29.